The third-order valence-corrected chi connectivity index (χ3v) is 3.78. The van der Waals surface area contributed by atoms with Crippen LogP contribution in [0.15, 0.2) is 30.5 Å². The van der Waals surface area contributed by atoms with Crippen molar-refractivity contribution in [3.63, 3.8) is 0 Å². The Balaban J connectivity index is 2.15. The number of anilines is 1. The van der Waals surface area contributed by atoms with Crippen molar-refractivity contribution in [1.29, 1.82) is 5.26 Å². The number of pyridine rings is 1. The lowest BCUT2D eigenvalue weighted by molar-refractivity contribution is 0.307. The molecule has 3 nitrogen and oxygen atoms in total. The van der Waals surface area contributed by atoms with Crippen molar-refractivity contribution in [3.8, 4) is 6.07 Å². The van der Waals surface area contributed by atoms with Crippen molar-refractivity contribution in [2.45, 2.75) is 31.7 Å². The molecular weight excluding hydrogens is 222 g/mol. The van der Waals surface area contributed by atoms with Crippen LogP contribution < -0.4 is 5.32 Å². The summed E-state index contributed by atoms with van der Waals surface area (Å²) in [4.78, 5) is 4.32. The molecule has 0 saturated heterocycles. The van der Waals surface area contributed by atoms with Crippen molar-refractivity contribution in [2.75, 3.05) is 5.32 Å². The van der Waals surface area contributed by atoms with Gasteiger partial charge in [0.05, 0.1) is 16.8 Å². The maximum Gasteiger partial charge on any atom is 0.103 e. The first-order valence-electron chi connectivity index (χ1n) is 6.28. The standard InChI is InChI=1S/C15H15N3/c1-15(7-4-8-15)18-14-11(9-16)10-17-13-6-3-2-5-12(13)14/h2-3,5-6,10H,4,7-8H2,1H3,(H,17,18). The molecule has 18 heavy (non-hydrogen) atoms. The number of hydrogen-bond donors (Lipinski definition) is 1. The Morgan fingerprint density at radius 2 is 2.11 bits per heavy atom. The molecule has 1 saturated carbocycles. The zero-order valence-electron chi connectivity index (χ0n) is 10.4. The number of para-hydroxylation sites is 1. The van der Waals surface area contributed by atoms with E-state index >= 15 is 0 Å². The molecule has 2 aromatic rings. The molecule has 1 N–H and O–H groups in total. The molecule has 0 bridgehead atoms. The first kappa shape index (κ1) is 11.0. The minimum Gasteiger partial charge on any atom is -0.378 e. The van der Waals surface area contributed by atoms with Crippen molar-refractivity contribution in [1.82, 2.24) is 4.98 Å². The van der Waals surface area contributed by atoms with E-state index in [1.54, 1.807) is 6.20 Å². The van der Waals surface area contributed by atoms with Gasteiger partial charge in [-0.3, -0.25) is 4.98 Å². The van der Waals surface area contributed by atoms with Crippen LogP contribution in [0.1, 0.15) is 31.7 Å². The van der Waals surface area contributed by atoms with E-state index in [1.807, 2.05) is 24.3 Å². The van der Waals surface area contributed by atoms with Crippen LogP contribution >= 0.6 is 0 Å². The number of hydrogen-bond acceptors (Lipinski definition) is 3. The summed E-state index contributed by atoms with van der Waals surface area (Å²) in [5, 5.41) is 13.8. The second-order valence-electron chi connectivity index (χ2n) is 5.22. The van der Waals surface area contributed by atoms with Crippen LogP contribution in [0.25, 0.3) is 10.9 Å². The number of fused-ring (bicyclic) bond motifs is 1. The van der Waals surface area contributed by atoms with Gasteiger partial charge in [0.1, 0.15) is 6.07 Å². The zero-order valence-corrected chi connectivity index (χ0v) is 10.4. The van der Waals surface area contributed by atoms with E-state index in [2.05, 4.69) is 23.3 Å². The minimum atomic E-state index is 0.135. The highest BCUT2D eigenvalue weighted by Crippen LogP contribution is 2.37. The molecule has 90 valence electrons. The summed E-state index contributed by atoms with van der Waals surface area (Å²) in [6.07, 6.45) is 5.24. The van der Waals surface area contributed by atoms with Crippen molar-refractivity contribution in [2.24, 2.45) is 0 Å². The number of nitriles is 1. The van der Waals surface area contributed by atoms with Crippen molar-refractivity contribution in [3.05, 3.63) is 36.0 Å². The van der Waals surface area contributed by atoms with Crippen LogP contribution in [0, 0.1) is 11.3 Å². The zero-order chi connectivity index (χ0) is 12.6. The molecule has 0 spiro atoms. The van der Waals surface area contributed by atoms with E-state index in [0.717, 1.165) is 29.4 Å². The lowest BCUT2D eigenvalue weighted by Crippen LogP contribution is -2.41. The Labute approximate surface area is 106 Å². The smallest absolute Gasteiger partial charge is 0.103 e. The van der Waals surface area contributed by atoms with E-state index < -0.39 is 0 Å². The average Bonchev–Trinajstić information content (AvgIpc) is 2.37. The molecule has 0 unspecified atom stereocenters. The third-order valence-electron chi connectivity index (χ3n) is 3.78. The summed E-state index contributed by atoms with van der Waals surface area (Å²) in [5.41, 5.74) is 2.63. The van der Waals surface area contributed by atoms with Crippen molar-refractivity contribution < 1.29 is 0 Å². The van der Waals surface area contributed by atoms with E-state index in [-0.39, 0.29) is 5.54 Å². The van der Waals surface area contributed by atoms with E-state index in [4.69, 9.17) is 0 Å². The van der Waals surface area contributed by atoms with Gasteiger partial charge in [0.2, 0.25) is 0 Å². The van der Waals surface area contributed by atoms with Crippen LogP contribution in [0.5, 0.6) is 0 Å². The van der Waals surface area contributed by atoms with E-state index in [0.29, 0.717) is 5.56 Å². The molecule has 3 heteroatoms. The summed E-state index contributed by atoms with van der Waals surface area (Å²) in [6, 6.07) is 10.2. The molecule has 0 radical (unpaired) electrons. The number of aromatic nitrogens is 1. The first-order valence-corrected chi connectivity index (χ1v) is 6.28. The predicted molar refractivity (Wildman–Crippen MR) is 72.3 cm³/mol. The van der Waals surface area contributed by atoms with Gasteiger partial charge in [-0.25, -0.2) is 0 Å². The van der Waals surface area contributed by atoms with Gasteiger partial charge in [-0.2, -0.15) is 5.26 Å². The molecule has 1 aromatic carbocycles. The summed E-state index contributed by atoms with van der Waals surface area (Å²) >= 11 is 0. The Morgan fingerprint density at radius 1 is 1.33 bits per heavy atom. The molecule has 1 aliphatic rings. The number of nitrogens with zero attached hydrogens (tertiary/aromatic N) is 2. The van der Waals surface area contributed by atoms with Gasteiger partial charge < -0.3 is 5.32 Å². The molecule has 1 aliphatic carbocycles. The second kappa shape index (κ2) is 3.99. The van der Waals surface area contributed by atoms with E-state index in [9.17, 15) is 5.26 Å². The van der Waals surface area contributed by atoms with Crippen LogP contribution in [-0.4, -0.2) is 10.5 Å². The maximum absolute atomic E-state index is 9.24. The van der Waals surface area contributed by atoms with Crippen LogP contribution in [0.3, 0.4) is 0 Å². The fourth-order valence-electron chi connectivity index (χ4n) is 2.49. The average molecular weight is 237 g/mol. The van der Waals surface area contributed by atoms with Gasteiger partial charge >= 0.3 is 0 Å². The Morgan fingerprint density at radius 3 is 2.78 bits per heavy atom. The SMILES string of the molecule is CC1(Nc2c(C#N)cnc3ccccc23)CCC1. The molecule has 0 amide bonds. The number of nitrogens with one attached hydrogen (secondary N) is 1. The van der Waals surface area contributed by atoms with Gasteiger partial charge in [-0.1, -0.05) is 18.2 Å². The van der Waals surface area contributed by atoms with Crippen LogP contribution in [0.2, 0.25) is 0 Å². The van der Waals surface area contributed by atoms with Crippen molar-refractivity contribution >= 4 is 16.6 Å². The lowest BCUT2D eigenvalue weighted by atomic mass is 9.78. The topological polar surface area (TPSA) is 48.7 Å². The Hall–Kier alpha value is -2.08. The van der Waals surface area contributed by atoms with E-state index in [1.165, 1.54) is 6.42 Å². The van der Waals surface area contributed by atoms with Crippen LogP contribution in [-0.2, 0) is 0 Å². The fourth-order valence-corrected chi connectivity index (χ4v) is 2.49. The normalized spacial score (nSPS) is 16.9. The second-order valence-corrected chi connectivity index (χ2v) is 5.22. The maximum atomic E-state index is 9.24. The highest BCUT2D eigenvalue weighted by Gasteiger charge is 2.32. The third kappa shape index (κ3) is 1.70. The lowest BCUT2D eigenvalue weighted by Gasteiger charge is -2.40. The van der Waals surface area contributed by atoms with Gasteiger partial charge in [0, 0.05) is 17.1 Å². The number of benzene rings is 1. The molecule has 1 aromatic heterocycles. The molecule has 0 atom stereocenters. The molecular formula is C15H15N3. The highest BCUT2D eigenvalue weighted by molar-refractivity contribution is 5.94. The summed E-state index contributed by atoms with van der Waals surface area (Å²) in [5.74, 6) is 0. The summed E-state index contributed by atoms with van der Waals surface area (Å²) in [6.45, 7) is 2.22. The number of rotatable bonds is 2. The molecule has 1 fully saturated rings. The van der Waals surface area contributed by atoms with Crippen LogP contribution in [0.4, 0.5) is 5.69 Å². The first-order chi connectivity index (χ1) is 8.72. The van der Waals surface area contributed by atoms with Gasteiger partial charge in [-0.15, -0.1) is 0 Å². The van der Waals surface area contributed by atoms with Gasteiger partial charge in [-0.05, 0) is 32.3 Å². The quantitative estimate of drug-likeness (QED) is 0.870. The minimum absolute atomic E-state index is 0.135. The molecule has 0 aliphatic heterocycles. The summed E-state index contributed by atoms with van der Waals surface area (Å²) in [7, 11) is 0. The predicted octanol–water partition coefficient (Wildman–Crippen LogP) is 3.46. The summed E-state index contributed by atoms with van der Waals surface area (Å²) < 4.78 is 0. The Kier molecular flexibility index (Phi) is 2.45. The fraction of sp³-hybridized carbons (Fsp3) is 0.333. The van der Waals surface area contributed by atoms with Gasteiger partial charge in [0.15, 0.2) is 0 Å². The Bertz CT molecular complexity index is 636. The monoisotopic (exact) mass is 237 g/mol. The largest absolute Gasteiger partial charge is 0.378 e. The highest BCUT2D eigenvalue weighted by atomic mass is 15.0. The molecule has 3 rings (SSSR count). The molecule has 1 heterocycles. The van der Waals surface area contributed by atoms with Gasteiger partial charge in [0.25, 0.3) is 0 Å².